The Hall–Kier alpha value is 0.200. The van der Waals surface area contributed by atoms with Crippen molar-refractivity contribution >= 4 is 28.6 Å². The van der Waals surface area contributed by atoms with Gasteiger partial charge in [0.15, 0.2) is 0 Å². The highest BCUT2D eigenvalue weighted by Gasteiger charge is 2.00. The molecule has 0 saturated heterocycles. The van der Waals surface area contributed by atoms with Crippen LogP contribution in [0.15, 0.2) is 0 Å². The number of carbonyl (C=O) groups excluding carboxylic acids is 1. The number of unbranched alkanes of at least 4 members (excludes halogenated alkanes) is 9. The molecule has 0 amide bonds. The third-order valence-corrected chi connectivity index (χ3v) is 3.60. The summed E-state index contributed by atoms with van der Waals surface area (Å²) in [6.45, 7) is 2.87. The maximum atomic E-state index is 11.1. The van der Waals surface area contributed by atoms with Crippen LogP contribution in [0, 0.1) is 0 Å². The van der Waals surface area contributed by atoms with Gasteiger partial charge < -0.3 is 4.74 Å². The lowest BCUT2D eigenvalue weighted by atomic mass is 10.1. The normalized spacial score (nSPS) is 10.6. The summed E-state index contributed by atoms with van der Waals surface area (Å²) in [5.74, 6) is -0.0414. The van der Waals surface area contributed by atoms with Crippen LogP contribution in [-0.4, -0.2) is 17.0 Å². The molecule has 3 heteroatoms. The Bertz CT molecular complexity index is 183. The average Bonchev–Trinajstić information content (AvgIpc) is 2.36. The fourth-order valence-corrected chi connectivity index (χ4v) is 2.37. The fraction of sp³-hybridized carbons (Fsp3) is 0.933. The predicted octanol–water partition coefficient (Wildman–Crippen LogP) is 5.28. The maximum absolute atomic E-state index is 11.1. The molecule has 0 fully saturated rings. The third-order valence-electron chi connectivity index (χ3n) is 3.06. The predicted molar refractivity (Wildman–Crippen MR) is 86.3 cm³/mol. The smallest absolute Gasteiger partial charge is 0.306 e. The number of esters is 1. The van der Waals surface area contributed by atoms with Crippen molar-refractivity contribution in [3.8, 4) is 0 Å². The van der Waals surface area contributed by atoms with E-state index in [1.807, 2.05) is 0 Å². The Morgan fingerprint density at radius 1 is 0.889 bits per heavy atom. The molecule has 0 radical (unpaired) electrons. The number of hydrogen-bond donors (Lipinski definition) is 0. The van der Waals surface area contributed by atoms with Crippen LogP contribution in [-0.2, 0) is 9.53 Å². The zero-order valence-electron chi connectivity index (χ0n) is 11.9. The van der Waals surface area contributed by atoms with E-state index in [9.17, 15) is 4.79 Å². The van der Waals surface area contributed by atoms with Gasteiger partial charge in [0, 0.05) is 4.43 Å². The van der Waals surface area contributed by atoms with E-state index in [2.05, 4.69) is 29.5 Å². The summed E-state index contributed by atoms with van der Waals surface area (Å²) in [5, 5.41) is 0. The van der Waals surface area contributed by atoms with E-state index in [0.717, 1.165) is 10.8 Å². The second-order valence-electron chi connectivity index (χ2n) is 4.84. The van der Waals surface area contributed by atoms with Crippen molar-refractivity contribution in [2.75, 3.05) is 11.0 Å². The van der Waals surface area contributed by atoms with Crippen molar-refractivity contribution < 1.29 is 9.53 Å². The Morgan fingerprint density at radius 2 is 1.39 bits per heavy atom. The van der Waals surface area contributed by atoms with E-state index in [4.69, 9.17) is 4.74 Å². The topological polar surface area (TPSA) is 26.3 Å². The Morgan fingerprint density at radius 3 is 1.89 bits per heavy atom. The van der Waals surface area contributed by atoms with Gasteiger partial charge in [-0.1, -0.05) is 87.3 Å². The first-order valence-electron chi connectivity index (χ1n) is 7.52. The lowest BCUT2D eigenvalue weighted by molar-refractivity contribution is -0.143. The summed E-state index contributed by atoms with van der Waals surface area (Å²) in [6.07, 6.45) is 13.7. The molecule has 108 valence electrons. The molecule has 0 aromatic heterocycles. The van der Waals surface area contributed by atoms with Crippen LogP contribution >= 0.6 is 22.6 Å². The van der Waals surface area contributed by atoms with Gasteiger partial charge in [-0.3, -0.25) is 4.79 Å². The van der Waals surface area contributed by atoms with Crippen molar-refractivity contribution in [2.45, 2.75) is 77.6 Å². The molecule has 0 heterocycles. The standard InChI is InChI=1S/C15H29IO2/c1-2-3-4-5-6-7-8-9-10-11-14-18-15(17)12-13-16/h2-14H2,1H3. The molecule has 2 nitrogen and oxygen atoms in total. The largest absolute Gasteiger partial charge is 0.466 e. The fourth-order valence-electron chi connectivity index (χ4n) is 1.92. The molecule has 0 saturated carbocycles. The number of halogens is 1. The number of alkyl halides is 1. The number of rotatable bonds is 13. The highest BCUT2D eigenvalue weighted by molar-refractivity contribution is 14.1. The zero-order valence-corrected chi connectivity index (χ0v) is 14.0. The lowest BCUT2D eigenvalue weighted by Crippen LogP contribution is -2.05. The molecule has 0 atom stereocenters. The van der Waals surface area contributed by atoms with Crippen LogP contribution in [0.2, 0.25) is 0 Å². The second-order valence-corrected chi connectivity index (χ2v) is 5.92. The summed E-state index contributed by atoms with van der Waals surface area (Å²) in [6, 6.07) is 0. The quantitative estimate of drug-likeness (QED) is 0.191. The molecule has 0 aliphatic carbocycles. The number of carbonyl (C=O) groups is 1. The highest BCUT2D eigenvalue weighted by atomic mass is 127. The van der Waals surface area contributed by atoms with Crippen molar-refractivity contribution in [3.05, 3.63) is 0 Å². The minimum atomic E-state index is -0.0414. The monoisotopic (exact) mass is 368 g/mol. The molecule has 0 aliphatic rings. The molecular formula is C15H29IO2. The Kier molecular flexibility index (Phi) is 15.4. The van der Waals surface area contributed by atoms with Gasteiger partial charge in [0.25, 0.3) is 0 Å². The van der Waals surface area contributed by atoms with Gasteiger partial charge in [0.1, 0.15) is 0 Å². The van der Waals surface area contributed by atoms with Crippen molar-refractivity contribution in [2.24, 2.45) is 0 Å². The third kappa shape index (κ3) is 14.3. The molecule has 0 aliphatic heterocycles. The van der Waals surface area contributed by atoms with E-state index in [-0.39, 0.29) is 5.97 Å². The molecule has 0 N–H and O–H groups in total. The van der Waals surface area contributed by atoms with Crippen LogP contribution in [0.3, 0.4) is 0 Å². The van der Waals surface area contributed by atoms with Gasteiger partial charge in [-0.25, -0.2) is 0 Å². The number of ether oxygens (including phenoxy) is 1. The van der Waals surface area contributed by atoms with Gasteiger partial charge in [0.05, 0.1) is 13.0 Å². The molecule has 0 aromatic rings. The maximum Gasteiger partial charge on any atom is 0.306 e. The minimum Gasteiger partial charge on any atom is -0.466 e. The summed E-state index contributed by atoms with van der Waals surface area (Å²) in [7, 11) is 0. The lowest BCUT2D eigenvalue weighted by Gasteiger charge is -2.04. The molecule has 0 rings (SSSR count). The summed E-state index contributed by atoms with van der Waals surface area (Å²) < 4.78 is 5.97. The highest BCUT2D eigenvalue weighted by Crippen LogP contribution is 2.10. The first-order chi connectivity index (χ1) is 8.81. The molecule has 0 spiro atoms. The van der Waals surface area contributed by atoms with Crippen LogP contribution in [0.1, 0.15) is 77.6 Å². The second kappa shape index (κ2) is 15.3. The zero-order chi connectivity index (χ0) is 13.5. The van der Waals surface area contributed by atoms with Gasteiger partial charge >= 0.3 is 5.97 Å². The van der Waals surface area contributed by atoms with Crippen LogP contribution in [0.5, 0.6) is 0 Å². The van der Waals surface area contributed by atoms with Crippen molar-refractivity contribution in [1.82, 2.24) is 0 Å². The minimum absolute atomic E-state index is 0.0414. The SMILES string of the molecule is CCCCCCCCCCCCOC(=O)CCI. The van der Waals surface area contributed by atoms with E-state index in [0.29, 0.717) is 13.0 Å². The van der Waals surface area contributed by atoms with Crippen LogP contribution in [0.4, 0.5) is 0 Å². The molecular weight excluding hydrogens is 339 g/mol. The summed E-state index contributed by atoms with van der Waals surface area (Å²) in [4.78, 5) is 11.1. The van der Waals surface area contributed by atoms with E-state index < -0.39 is 0 Å². The van der Waals surface area contributed by atoms with Crippen LogP contribution < -0.4 is 0 Å². The van der Waals surface area contributed by atoms with Gasteiger partial charge in [-0.05, 0) is 6.42 Å². The van der Waals surface area contributed by atoms with E-state index in [1.165, 1.54) is 57.8 Å². The van der Waals surface area contributed by atoms with Crippen LogP contribution in [0.25, 0.3) is 0 Å². The molecule has 0 bridgehead atoms. The molecule has 0 unspecified atom stereocenters. The molecule has 18 heavy (non-hydrogen) atoms. The average molecular weight is 368 g/mol. The Labute approximate surface area is 126 Å². The molecule has 0 aromatic carbocycles. The van der Waals surface area contributed by atoms with Crippen molar-refractivity contribution in [3.63, 3.8) is 0 Å². The van der Waals surface area contributed by atoms with Gasteiger partial charge in [0.2, 0.25) is 0 Å². The Balaban J connectivity index is 3.01. The summed E-state index contributed by atoms with van der Waals surface area (Å²) >= 11 is 2.20. The first-order valence-corrected chi connectivity index (χ1v) is 9.05. The van der Waals surface area contributed by atoms with Gasteiger partial charge in [-0.2, -0.15) is 0 Å². The van der Waals surface area contributed by atoms with Gasteiger partial charge in [-0.15, -0.1) is 0 Å². The first kappa shape index (κ1) is 18.2. The summed E-state index contributed by atoms with van der Waals surface area (Å²) in [5.41, 5.74) is 0. The number of hydrogen-bond acceptors (Lipinski definition) is 2. The van der Waals surface area contributed by atoms with E-state index >= 15 is 0 Å². The van der Waals surface area contributed by atoms with E-state index in [1.54, 1.807) is 0 Å². The van der Waals surface area contributed by atoms with Crippen molar-refractivity contribution in [1.29, 1.82) is 0 Å².